The lowest BCUT2D eigenvalue weighted by molar-refractivity contribution is -0.119. The molecule has 0 atom stereocenters. The minimum Gasteiger partial charge on any atom is -0.464 e. The topological polar surface area (TPSA) is 110 Å². The van der Waals surface area contributed by atoms with E-state index in [2.05, 4.69) is 30.9 Å². The molecule has 0 aromatic carbocycles. The van der Waals surface area contributed by atoms with E-state index in [4.69, 9.17) is 9.47 Å². The molecule has 0 saturated heterocycles. The zero-order valence-corrected chi connectivity index (χ0v) is 11.9. The first-order valence-corrected chi connectivity index (χ1v) is 6.25. The Kier molecular flexibility index (Phi) is 7.04. The van der Waals surface area contributed by atoms with Gasteiger partial charge in [0.25, 0.3) is 0 Å². The number of aromatic nitrogens is 3. The van der Waals surface area contributed by atoms with E-state index in [1.807, 2.05) is 6.92 Å². The number of hydrogen-bond donors (Lipinski definition) is 3. The summed E-state index contributed by atoms with van der Waals surface area (Å²) in [5.41, 5.74) is 0. The van der Waals surface area contributed by atoms with Crippen molar-refractivity contribution in [2.24, 2.45) is 0 Å². The molecule has 112 valence electrons. The van der Waals surface area contributed by atoms with Crippen LogP contribution in [0.3, 0.4) is 0 Å². The van der Waals surface area contributed by atoms with Crippen molar-refractivity contribution in [1.82, 2.24) is 20.3 Å². The Morgan fingerprint density at radius 2 is 2.00 bits per heavy atom. The molecule has 0 unspecified atom stereocenters. The maximum absolute atomic E-state index is 11.5. The van der Waals surface area contributed by atoms with Crippen molar-refractivity contribution in [3.63, 3.8) is 0 Å². The number of hydrogen-bond acceptors (Lipinski definition) is 8. The van der Waals surface area contributed by atoms with Crippen LogP contribution in [-0.2, 0) is 9.53 Å². The summed E-state index contributed by atoms with van der Waals surface area (Å²) in [6, 6.07) is 0.203. The standard InChI is InChI=1S/C11H20N6O3/c1-4-20-11-16-9(12-2)15-10(17-11)14-7-8(18)13-5-6-19-3/h4-7H2,1-3H3,(H,13,18)(H2,12,14,15,16,17). The summed E-state index contributed by atoms with van der Waals surface area (Å²) in [4.78, 5) is 23.6. The van der Waals surface area contributed by atoms with Gasteiger partial charge in [-0.25, -0.2) is 0 Å². The molecule has 0 aliphatic rings. The van der Waals surface area contributed by atoms with E-state index in [0.717, 1.165) is 0 Å². The molecule has 0 aliphatic carbocycles. The van der Waals surface area contributed by atoms with Gasteiger partial charge in [-0.2, -0.15) is 15.0 Å². The molecule has 1 heterocycles. The maximum Gasteiger partial charge on any atom is 0.323 e. The smallest absolute Gasteiger partial charge is 0.323 e. The van der Waals surface area contributed by atoms with Crippen LogP contribution < -0.4 is 20.7 Å². The lowest BCUT2D eigenvalue weighted by atomic mass is 10.5. The summed E-state index contributed by atoms with van der Waals surface area (Å²) in [6.07, 6.45) is 0. The van der Waals surface area contributed by atoms with E-state index < -0.39 is 0 Å². The van der Waals surface area contributed by atoms with E-state index in [1.54, 1.807) is 14.2 Å². The summed E-state index contributed by atoms with van der Waals surface area (Å²) >= 11 is 0. The van der Waals surface area contributed by atoms with Gasteiger partial charge in [0.1, 0.15) is 0 Å². The van der Waals surface area contributed by atoms with Crippen LogP contribution in [-0.4, -0.2) is 61.3 Å². The van der Waals surface area contributed by atoms with Crippen LogP contribution in [0.15, 0.2) is 0 Å². The number of methoxy groups -OCH3 is 1. The van der Waals surface area contributed by atoms with Crippen molar-refractivity contribution in [3.05, 3.63) is 0 Å². The van der Waals surface area contributed by atoms with E-state index in [9.17, 15) is 4.79 Å². The molecule has 1 aromatic heterocycles. The Morgan fingerprint density at radius 1 is 1.25 bits per heavy atom. The van der Waals surface area contributed by atoms with Gasteiger partial charge in [0, 0.05) is 20.7 Å². The fraction of sp³-hybridized carbons (Fsp3) is 0.636. The minimum atomic E-state index is -0.175. The third-order valence-corrected chi connectivity index (χ3v) is 2.15. The first-order chi connectivity index (χ1) is 9.69. The van der Waals surface area contributed by atoms with Gasteiger partial charge in [-0.1, -0.05) is 0 Å². The summed E-state index contributed by atoms with van der Waals surface area (Å²) in [5, 5.41) is 8.28. The minimum absolute atomic E-state index is 0.0580. The fourth-order valence-electron chi connectivity index (χ4n) is 1.26. The lowest BCUT2D eigenvalue weighted by Gasteiger charge is -2.09. The molecule has 3 N–H and O–H groups in total. The highest BCUT2D eigenvalue weighted by Gasteiger charge is 2.07. The molecule has 0 radical (unpaired) electrons. The zero-order valence-electron chi connectivity index (χ0n) is 11.9. The molecule has 0 aliphatic heterocycles. The molecule has 1 amide bonds. The Balaban J connectivity index is 2.53. The van der Waals surface area contributed by atoms with Gasteiger partial charge in [-0.15, -0.1) is 0 Å². The third kappa shape index (κ3) is 5.65. The van der Waals surface area contributed by atoms with Crippen LogP contribution in [0.25, 0.3) is 0 Å². The third-order valence-electron chi connectivity index (χ3n) is 2.15. The Hall–Kier alpha value is -2.16. The monoisotopic (exact) mass is 284 g/mol. The van der Waals surface area contributed by atoms with Gasteiger partial charge < -0.3 is 25.4 Å². The molecule has 0 fully saturated rings. The fourth-order valence-corrected chi connectivity index (χ4v) is 1.26. The van der Waals surface area contributed by atoms with E-state index in [0.29, 0.717) is 25.7 Å². The highest BCUT2D eigenvalue weighted by molar-refractivity contribution is 5.80. The van der Waals surface area contributed by atoms with E-state index in [1.165, 1.54) is 0 Å². The van der Waals surface area contributed by atoms with Crippen LogP contribution in [0.1, 0.15) is 6.92 Å². The van der Waals surface area contributed by atoms with Crippen molar-refractivity contribution < 1.29 is 14.3 Å². The molecule has 0 spiro atoms. The molecular weight excluding hydrogens is 264 g/mol. The van der Waals surface area contributed by atoms with Crippen molar-refractivity contribution >= 4 is 17.8 Å². The SMILES string of the molecule is CCOc1nc(NC)nc(NCC(=O)NCCOC)n1. The molecular formula is C11H20N6O3. The average Bonchev–Trinajstić information content (AvgIpc) is 2.45. The molecule has 0 saturated carbocycles. The molecule has 9 nitrogen and oxygen atoms in total. The Morgan fingerprint density at radius 3 is 2.65 bits per heavy atom. The van der Waals surface area contributed by atoms with Gasteiger partial charge >= 0.3 is 6.01 Å². The van der Waals surface area contributed by atoms with Crippen LogP contribution in [0, 0.1) is 0 Å². The number of ether oxygens (including phenoxy) is 2. The predicted molar refractivity (Wildman–Crippen MR) is 73.9 cm³/mol. The molecule has 20 heavy (non-hydrogen) atoms. The average molecular weight is 284 g/mol. The zero-order chi connectivity index (χ0) is 14.8. The second-order valence-corrected chi connectivity index (χ2v) is 3.64. The van der Waals surface area contributed by atoms with E-state index in [-0.39, 0.29) is 24.4 Å². The van der Waals surface area contributed by atoms with Gasteiger partial charge in [-0.05, 0) is 6.92 Å². The molecule has 0 bridgehead atoms. The second-order valence-electron chi connectivity index (χ2n) is 3.64. The second kappa shape index (κ2) is 8.86. The quantitative estimate of drug-likeness (QED) is 0.520. The number of nitrogens with one attached hydrogen (secondary N) is 3. The number of rotatable bonds is 9. The van der Waals surface area contributed by atoms with Crippen molar-refractivity contribution in [3.8, 4) is 6.01 Å². The normalized spacial score (nSPS) is 9.95. The number of amides is 1. The Labute approximate surface area is 117 Å². The number of nitrogens with zero attached hydrogens (tertiary/aromatic N) is 3. The number of anilines is 2. The van der Waals surface area contributed by atoms with Gasteiger partial charge in [0.05, 0.1) is 19.8 Å². The first kappa shape index (κ1) is 15.9. The van der Waals surface area contributed by atoms with Crippen molar-refractivity contribution in [1.29, 1.82) is 0 Å². The van der Waals surface area contributed by atoms with Gasteiger partial charge in [0.15, 0.2) is 0 Å². The van der Waals surface area contributed by atoms with Crippen LogP contribution >= 0.6 is 0 Å². The van der Waals surface area contributed by atoms with Crippen LogP contribution in [0.2, 0.25) is 0 Å². The summed E-state index contributed by atoms with van der Waals surface area (Å²) < 4.78 is 10.1. The Bertz CT molecular complexity index is 429. The maximum atomic E-state index is 11.5. The first-order valence-electron chi connectivity index (χ1n) is 6.25. The van der Waals surface area contributed by atoms with E-state index >= 15 is 0 Å². The number of carbonyl (C=O) groups excluding carboxylic acids is 1. The lowest BCUT2D eigenvalue weighted by Crippen LogP contribution is -2.32. The van der Waals surface area contributed by atoms with Crippen molar-refractivity contribution in [2.45, 2.75) is 6.92 Å². The molecule has 1 rings (SSSR count). The summed E-state index contributed by atoms with van der Waals surface area (Å²) in [6.45, 7) is 3.27. The van der Waals surface area contributed by atoms with Crippen LogP contribution in [0.4, 0.5) is 11.9 Å². The van der Waals surface area contributed by atoms with Gasteiger partial charge in [0.2, 0.25) is 17.8 Å². The highest BCUT2D eigenvalue weighted by atomic mass is 16.5. The predicted octanol–water partition coefficient (Wildman–Crippen LogP) is -0.513. The van der Waals surface area contributed by atoms with Crippen LogP contribution in [0.5, 0.6) is 6.01 Å². The van der Waals surface area contributed by atoms with Gasteiger partial charge in [-0.3, -0.25) is 4.79 Å². The highest BCUT2D eigenvalue weighted by Crippen LogP contribution is 2.10. The summed E-state index contributed by atoms with van der Waals surface area (Å²) in [5.74, 6) is 0.465. The largest absolute Gasteiger partial charge is 0.464 e. The number of carbonyl (C=O) groups is 1. The summed E-state index contributed by atoms with van der Waals surface area (Å²) in [7, 11) is 3.26. The van der Waals surface area contributed by atoms with Crippen molar-refractivity contribution in [2.75, 3.05) is 51.1 Å². The molecule has 1 aromatic rings. The molecule has 9 heteroatoms.